The highest BCUT2D eigenvalue weighted by Gasteiger charge is 1.61. The van der Waals surface area contributed by atoms with Crippen LogP contribution in [-0.2, 0) is 11.4 Å². The molecule has 0 rings (SSSR count). The van der Waals surface area contributed by atoms with Crippen molar-refractivity contribution in [3.05, 3.63) is 0 Å². The number of hydrogen-bond acceptors (Lipinski definition) is 5. The summed E-state index contributed by atoms with van der Waals surface area (Å²) < 4.78 is 25.3. The molecule has 58 valence electrons. The second-order valence-electron chi connectivity index (χ2n) is 0.670. The summed E-state index contributed by atoms with van der Waals surface area (Å²) in [5.74, 6) is 0. The fraction of sp³-hybridized carbons (Fsp3) is 0. The van der Waals surface area contributed by atoms with Crippen molar-refractivity contribution in [2.24, 2.45) is 5.73 Å². The van der Waals surface area contributed by atoms with Crippen molar-refractivity contribution in [1.82, 2.24) is 0 Å². The van der Waals surface area contributed by atoms with Gasteiger partial charge in [0.2, 0.25) is 0 Å². The number of nitrogens with two attached hydrogens (primary N) is 1. The molecule has 0 fully saturated rings. The van der Waals surface area contributed by atoms with Gasteiger partial charge in [-0.15, -0.1) is 11.4 Å². The van der Waals surface area contributed by atoms with Gasteiger partial charge in [-0.3, -0.25) is 4.21 Å². The molecule has 0 saturated carbocycles. The molecule has 6 nitrogen and oxygen atoms in total. The Morgan fingerprint density at radius 1 is 1.67 bits per heavy atom. The third kappa shape index (κ3) is 18900. The van der Waals surface area contributed by atoms with Crippen molar-refractivity contribution in [2.75, 3.05) is 0 Å². The van der Waals surface area contributed by atoms with E-state index in [0.29, 0.717) is 0 Å². The van der Waals surface area contributed by atoms with Crippen LogP contribution in [0.5, 0.6) is 0 Å². The maximum atomic E-state index is 8.44. The Morgan fingerprint density at radius 3 is 1.67 bits per heavy atom. The molecule has 8 heteroatoms. The smallest absolute Gasteiger partial charge is 0.262 e. The van der Waals surface area contributed by atoms with Gasteiger partial charge in [0.05, 0.1) is 0 Å². The molecule has 0 unspecified atom stereocenters. The molecule has 0 aliphatic carbocycles. The highest BCUT2D eigenvalue weighted by atomic mass is 32.2. The van der Waals surface area contributed by atoms with Crippen molar-refractivity contribution in [3.63, 3.8) is 0 Å². The molecule has 0 amide bonds. The lowest BCUT2D eigenvalue weighted by Gasteiger charge is -2.03. The number of hydrogen-bond donors (Lipinski definition) is 2. The van der Waals surface area contributed by atoms with E-state index in [1.807, 2.05) is 0 Å². The van der Waals surface area contributed by atoms with E-state index in [9.17, 15) is 0 Å². The van der Waals surface area contributed by atoms with Gasteiger partial charge in [0.25, 0.3) is 5.11 Å². The minimum absolute atomic E-state index is 0. The van der Waals surface area contributed by atoms with E-state index in [1.54, 1.807) is 0 Å². The van der Waals surface area contributed by atoms with E-state index >= 15 is 0 Å². The molecule has 9 heavy (non-hydrogen) atoms. The molecular weight excluding hydrogens is 168 g/mol. The van der Waals surface area contributed by atoms with Gasteiger partial charge in [-0.05, 0) is 0 Å². The SMILES string of the molecule is NC([NH3+])=S.O=S([O-])[O-].[OH-]. The fourth-order valence-electron chi connectivity index (χ4n) is 0. The normalized spacial score (nSPS) is 6.67. The zero-order chi connectivity index (χ0) is 7.15. The van der Waals surface area contributed by atoms with Crippen molar-refractivity contribution in [2.45, 2.75) is 0 Å². The molecule has 0 aromatic rings. The van der Waals surface area contributed by atoms with Gasteiger partial charge in [0, 0.05) is 12.2 Å². The Morgan fingerprint density at radius 2 is 1.67 bits per heavy atom. The number of quaternary nitrogens is 1. The second-order valence-corrected chi connectivity index (χ2v) is 1.60. The lowest BCUT2D eigenvalue weighted by atomic mass is 11.3. The Kier molecular flexibility index (Phi) is 19.1. The quantitative estimate of drug-likeness (QED) is 0.301. The predicted molar refractivity (Wildman–Crippen MR) is 31.3 cm³/mol. The van der Waals surface area contributed by atoms with Gasteiger partial charge in [0.15, 0.2) is 0 Å². The van der Waals surface area contributed by atoms with Crippen LogP contribution in [-0.4, -0.2) is 23.9 Å². The topological polar surface area (TPSA) is 147 Å². The van der Waals surface area contributed by atoms with Gasteiger partial charge in [-0.1, -0.05) is 0 Å². The van der Waals surface area contributed by atoms with Gasteiger partial charge >= 0.3 is 0 Å². The van der Waals surface area contributed by atoms with Gasteiger partial charge < -0.3 is 26.0 Å². The first-order valence-electron chi connectivity index (χ1n) is 1.35. The lowest BCUT2D eigenvalue weighted by Crippen LogP contribution is -2.60. The Labute approximate surface area is 59.6 Å². The summed E-state index contributed by atoms with van der Waals surface area (Å²) in [6.07, 6.45) is 0. The zero-order valence-electron chi connectivity index (χ0n) is 4.27. The largest absolute Gasteiger partial charge is 0.870 e. The Bertz CT molecular complexity index is 74.6. The Hall–Kier alpha value is -0.120. The maximum absolute atomic E-state index is 8.44. The standard InChI is InChI=1S/CH4N2S.H2O3S.H2O/c2-1(3)4;1-4(2)3;/h(H4,2,3,4);(H2,1,2,3);1H2/p-2. The van der Waals surface area contributed by atoms with Crippen molar-refractivity contribution in [1.29, 1.82) is 0 Å². The molecule has 0 heterocycles. The molecule has 0 aromatic heterocycles. The number of thiocarbonyl (C=S) groups is 1. The summed E-state index contributed by atoms with van der Waals surface area (Å²) in [7, 11) is 0. The molecule has 0 radical (unpaired) electrons. The third-order valence-corrected chi connectivity index (χ3v) is 0. The average molecular weight is 174 g/mol. The Balaban J connectivity index is -0.0000000720. The molecule has 0 aromatic carbocycles. The highest BCUT2D eigenvalue weighted by Crippen LogP contribution is 1.42. The minimum Gasteiger partial charge on any atom is -0.870 e. The van der Waals surface area contributed by atoms with Crippen LogP contribution >= 0.6 is 12.2 Å². The minimum atomic E-state index is -3.11. The summed E-state index contributed by atoms with van der Waals surface area (Å²) in [6.45, 7) is 0. The third-order valence-electron chi connectivity index (χ3n) is 0. The summed E-state index contributed by atoms with van der Waals surface area (Å²) in [5, 5.41) is 0.250. The van der Waals surface area contributed by atoms with Crippen LogP contribution in [0.3, 0.4) is 0 Å². The van der Waals surface area contributed by atoms with Crippen LogP contribution < -0.4 is 11.5 Å². The fourth-order valence-corrected chi connectivity index (χ4v) is 0. The molecule has 0 spiro atoms. The van der Waals surface area contributed by atoms with E-state index in [-0.39, 0.29) is 10.6 Å². The summed E-state index contributed by atoms with van der Waals surface area (Å²) in [6, 6.07) is 0. The van der Waals surface area contributed by atoms with E-state index < -0.39 is 11.4 Å². The number of rotatable bonds is 0. The molecule has 0 aliphatic heterocycles. The van der Waals surface area contributed by atoms with Gasteiger partial charge in [-0.2, -0.15) is 0 Å². The van der Waals surface area contributed by atoms with Crippen molar-refractivity contribution in [3.8, 4) is 0 Å². The van der Waals surface area contributed by atoms with Crippen LogP contribution in [0.25, 0.3) is 0 Å². The second kappa shape index (κ2) is 10.8. The van der Waals surface area contributed by atoms with Crippen LogP contribution in [0.1, 0.15) is 0 Å². The predicted octanol–water partition coefficient (Wildman–Crippen LogP) is -2.71. The molecule has 0 saturated heterocycles. The summed E-state index contributed by atoms with van der Waals surface area (Å²) in [4.78, 5) is 0. The van der Waals surface area contributed by atoms with Crippen molar-refractivity contribution < 1.29 is 24.5 Å². The van der Waals surface area contributed by atoms with Crippen LogP contribution in [0.15, 0.2) is 0 Å². The van der Waals surface area contributed by atoms with Gasteiger partial charge in [-0.25, -0.2) is 0 Å². The average Bonchev–Trinajstić information content (AvgIpc) is 1.25. The first kappa shape index (κ1) is 15.9. The van der Waals surface area contributed by atoms with Gasteiger partial charge in [0.1, 0.15) is 0 Å². The first-order valence-corrected chi connectivity index (χ1v) is 2.75. The summed E-state index contributed by atoms with van der Waals surface area (Å²) >= 11 is 1.09. The van der Waals surface area contributed by atoms with Crippen molar-refractivity contribution >= 4 is 28.7 Å². The van der Waals surface area contributed by atoms with E-state index in [0.717, 1.165) is 0 Å². The van der Waals surface area contributed by atoms with Crippen LogP contribution in [0.2, 0.25) is 0 Å². The van der Waals surface area contributed by atoms with E-state index in [4.69, 9.17) is 19.0 Å². The zero-order valence-corrected chi connectivity index (χ0v) is 5.91. The van der Waals surface area contributed by atoms with E-state index in [1.165, 1.54) is 0 Å². The molecule has 0 aliphatic rings. The molecule has 0 atom stereocenters. The first-order chi connectivity index (χ1) is 3.46. The molecule has 6 N–H and O–H groups in total. The molecule has 0 bridgehead atoms. The lowest BCUT2D eigenvalue weighted by molar-refractivity contribution is -0.210. The summed E-state index contributed by atoms with van der Waals surface area (Å²) in [5.41, 5.74) is 7.88. The molecular formula is CH6N2O4S2-2. The van der Waals surface area contributed by atoms with Crippen LogP contribution in [0.4, 0.5) is 0 Å². The monoisotopic (exact) mass is 174 g/mol. The van der Waals surface area contributed by atoms with Crippen LogP contribution in [0, 0.1) is 0 Å². The van der Waals surface area contributed by atoms with E-state index in [2.05, 4.69) is 18.0 Å². The highest BCUT2D eigenvalue weighted by molar-refractivity contribution is 7.79. The maximum Gasteiger partial charge on any atom is 0.262 e.